The van der Waals surface area contributed by atoms with Crippen LogP contribution in [0.1, 0.15) is 11.1 Å². The van der Waals surface area contributed by atoms with Crippen LogP contribution in [0.5, 0.6) is 0 Å². The number of carbonyl (C=O) groups is 1. The van der Waals surface area contributed by atoms with E-state index in [1.165, 1.54) is 10.5 Å². The third-order valence-electron chi connectivity index (χ3n) is 3.42. The van der Waals surface area contributed by atoms with Crippen LogP contribution in [0.15, 0.2) is 47.4 Å². The molecule has 0 spiro atoms. The molecule has 0 saturated heterocycles. The zero-order chi connectivity index (χ0) is 16.8. The van der Waals surface area contributed by atoms with Gasteiger partial charge in [0, 0.05) is 11.4 Å². The van der Waals surface area contributed by atoms with Gasteiger partial charge in [-0.2, -0.15) is 0 Å². The fraction of sp³-hybridized carbons (Fsp3) is 0.278. The van der Waals surface area contributed by atoms with Gasteiger partial charge in [-0.25, -0.2) is 0 Å². The third kappa shape index (κ3) is 5.57. The Hall–Kier alpha value is -1.49. The van der Waals surface area contributed by atoms with Gasteiger partial charge in [0.15, 0.2) is 0 Å². The molecular formula is C18H21ClN2OS. The number of rotatable bonds is 6. The number of thioether (sulfide) groups is 1. The van der Waals surface area contributed by atoms with E-state index in [-0.39, 0.29) is 5.91 Å². The molecule has 0 aliphatic rings. The quantitative estimate of drug-likeness (QED) is 0.783. The molecule has 0 aliphatic carbocycles. The number of carbonyl (C=O) groups excluding carboxylic acids is 1. The second-order valence-corrected chi connectivity index (χ2v) is 6.84. The summed E-state index contributed by atoms with van der Waals surface area (Å²) in [6, 6.07) is 14.0. The van der Waals surface area contributed by atoms with Crippen LogP contribution in [0.25, 0.3) is 0 Å². The van der Waals surface area contributed by atoms with Crippen LogP contribution in [-0.2, 0) is 11.3 Å². The fourth-order valence-corrected chi connectivity index (χ4v) is 2.95. The molecule has 0 heterocycles. The Morgan fingerprint density at radius 2 is 1.91 bits per heavy atom. The molecule has 2 aromatic rings. The summed E-state index contributed by atoms with van der Waals surface area (Å²) in [6.07, 6.45) is 2.06. The fourth-order valence-electron chi connectivity index (χ4n) is 2.25. The second-order valence-electron chi connectivity index (χ2n) is 5.55. The van der Waals surface area contributed by atoms with Crippen molar-refractivity contribution < 1.29 is 4.79 Å². The molecule has 0 atom stereocenters. The minimum absolute atomic E-state index is 0.0704. The zero-order valence-electron chi connectivity index (χ0n) is 13.6. The number of aryl methyl sites for hydroxylation is 1. The lowest BCUT2D eigenvalue weighted by Gasteiger charge is -2.17. The number of anilines is 1. The van der Waals surface area contributed by atoms with E-state index in [1.807, 2.05) is 37.1 Å². The van der Waals surface area contributed by atoms with Crippen molar-refractivity contribution in [2.24, 2.45) is 0 Å². The van der Waals surface area contributed by atoms with Gasteiger partial charge >= 0.3 is 0 Å². The summed E-state index contributed by atoms with van der Waals surface area (Å²) in [7, 11) is 1.93. The van der Waals surface area contributed by atoms with E-state index in [9.17, 15) is 4.79 Å². The lowest BCUT2D eigenvalue weighted by atomic mass is 10.2. The van der Waals surface area contributed by atoms with Crippen molar-refractivity contribution in [2.75, 3.05) is 25.2 Å². The number of nitrogens with zero attached hydrogens (tertiary/aromatic N) is 1. The minimum Gasteiger partial charge on any atom is -0.324 e. The first-order valence-electron chi connectivity index (χ1n) is 7.35. The average molecular weight is 349 g/mol. The summed E-state index contributed by atoms with van der Waals surface area (Å²) in [5.74, 6) is -0.0704. The van der Waals surface area contributed by atoms with Crippen LogP contribution >= 0.6 is 23.4 Å². The first kappa shape index (κ1) is 17.9. The predicted octanol–water partition coefficient (Wildman–Crippen LogP) is 4.44. The highest BCUT2D eigenvalue weighted by atomic mass is 35.5. The minimum atomic E-state index is -0.0704. The first-order valence-corrected chi connectivity index (χ1v) is 8.95. The molecule has 2 rings (SSSR count). The number of nitrogens with one attached hydrogen (secondary N) is 1. The van der Waals surface area contributed by atoms with Crippen LogP contribution in [-0.4, -0.2) is 30.7 Å². The molecule has 0 radical (unpaired) electrons. The Morgan fingerprint density at radius 1 is 1.22 bits per heavy atom. The maximum Gasteiger partial charge on any atom is 0.238 e. The van der Waals surface area contributed by atoms with E-state index >= 15 is 0 Å². The highest BCUT2D eigenvalue weighted by molar-refractivity contribution is 7.98. The van der Waals surface area contributed by atoms with Crippen LogP contribution in [0.2, 0.25) is 5.02 Å². The summed E-state index contributed by atoms with van der Waals surface area (Å²) in [4.78, 5) is 15.4. The highest BCUT2D eigenvalue weighted by Crippen LogP contribution is 2.22. The molecule has 0 unspecified atom stereocenters. The number of hydrogen-bond acceptors (Lipinski definition) is 3. The molecule has 1 N–H and O–H groups in total. The van der Waals surface area contributed by atoms with Gasteiger partial charge in [-0.15, -0.1) is 11.8 Å². The zero-order valence-corrected chi connectivity index (χ0v) is 15.2. The summed E-state index contributed by atoms with van der Waals surface area (Å²) < 4.78 is 0. The Labute approximate surface area is 147 Å². The highest BCUT2D eigenvalue weighted by Gasteiger charge is 2.09. The van der Waals surface area contributed by atoms with Gasteiger partial charge in [0.25, 0.3) is 0 Å². The van der Waals surface area contributed by atoms with Gasteiger partial charge in [-0.1, -0.05) is 29.8 Å². The Balaban J connectivity index is 1.88. The van der Waals surface area contributed by atoms with Gasteiger partial charge in [0.05, 0.1) is 17.3 Å². The summed E-state index contributed by atoms with van der Waals surface area (Å²) in [6.45, 7) is 3.01. The van der Waals surface area contributed by atoms with Gasteiger partial charge in [0.2, 0.25) is 5.91 Å². The van der Waals surface area contributed by atoms with Crippen molar-refractivity contribution in [3.05, 3.63) is 58.6 Å². The summed E-state index contributed by atoms with van der Waals surface area (Å²) in [5, 5.41) is 3.42. The summed E-state index contributed by atoms with van der Waals surface area (Å²) in [5.41, 5.74) is 2.91. The topological polar surface area (TPSA) is 32.3 Å². The SMILES string of the molecule is CSc1ccc(CN(C)CC(=O)Nc2ccc(C)cc2Cl)cc1. The largest absolute Gasteiger partial charge is 0.324 e. The van der Waals surface area contributed by atoms with E-state index in [1.54, 1.807) is 11.8 Å². The van der Waals surface area contributed by atoms with Crippen LogP contribution < -0.4 is 5.32 Å². The molecule has 3 nitrogen and oxygen atoms in total. The van der Waals surface area contributed by atoms with E-state index in [2.05, 4.69) is 35.8 Å². The first-order chi connectivity index (χ1) is 11.0. The Kier molecular flexibility index (Phi) is 6.51. The molecule has 0 bridgehead atoms. The van der Waals surface area contributed by atoms with E-state index in [0.29, 0.717) is 17.3 Å². The Morgan fingerprint density at radius 3 is 2.52 bits per heavy atom. The van der Waals surface area contributed by atoms with E-state index in [4.69, 9.17) is 11.6 Å². The Bertz CT molecular complexity index is 673. The number of halogens is 1. The van der Waals surface area contributed by atoms with Crippen molar-refractivity contribution in [3.8, 4) is 0 Å². The van der Waals surface area contributed by atoms with Crippen molar-refractivity contribution in [3.63, 3.8) is 0 Å². The van der Waals surface area contributed by atoms with Crippen molar-refractivity contribution in [1.82, 2.24) is 4.90 Å². The van der Waals surface area contributed by atoms with Gasteiger partial charge in [-0.05, 0) is 55.6 Å². The molecule has 1 amide bonds. The number of benzene rings is 2. The van der Waals surface area contributed by atoms with E-state index in [0.717, 1.165) is 12.1 Å². The molecule has 0 aromatic heterocycles. The van der Waals surface area contributed by atoms with Gasteiger partial charge in [-0.3, -0.25) is 9.69 Å². The van der Waals surface area contributed by atoms with Crippen LogP contribution in [0.3, 0.4) is 0 Å². The van der Waals surface area contributed by atoms with Crippen molar-refractivity contribution in [1.29, 1.82) is 0 Å². The average Bonchev–Trinajstić information content (AvgIpc) is 2.50. The van der Waals surface area contributed by atoms with E-state index < -0.39 is 0 Å². The predicted molar refractivity (Wildman–Crippen MR) is 99.4 cm³/mol. The standard InChI is InChI=1S/C18H21ClN2OS/c1-13-4-9-17(16(19)10-13)20-18(22)12-21(2)11-14-5-7-15(23-3)8-6-14/h4-10H,11-12H2,1-3H3,(H,20,22). The maximum atomic E-state index is 12.1. The van der Waals surface area contributed by atoms with Crippen LogP contribution in [0, 0.1) is 6.92 Å². The normalized spacial score (nSPS) is 10.8. The number of hydrogen-bond donors (Lipinski definition) is 1. The molecule has 0 saturated carbocycles. The molecule has 122 valence electrons. The monoisotopic (exact) mass is 348 g/mol. The molecule has 5 heteroatoms. The molecule has 0 fully saturated rings. The van der Waals surface area contributed by atoms with Gasteiger partial charge < -0.3 is 5.32 Å². The van der Waals surface area contributed by atoms with Crippen LogP contribution in [0.4, 0.5) is 5.69 Å². The smallest absolute Gasteiger partial charge is 0.238 e. The number of amides is 1. The van der Waals surface area contributed by atoms with Crippen molar-refractivity contribution >= 4 is 35.0 Å². The maximum absolute atomic E-state index is 12.1. The summed E-state index contributed by atoms with van der Waals surface area (Å²) >= 11 is 7.86. The lowest BCUT2D eigenvalue weighted by molar-refractivity contribution is -0.117. The van der Waals surface area contributed by atoms with Crippen molar-refractivity contribution in [2.45, 2.75) is 18.4 Å². The third-order valence-corrected chi connectivity index (χ3v) is 4.48. The molecule has 0 aliphatic heterocycles. The lowest BCUT2D eigenvalue weighted by Crippen LogP contribution is -2.29. The van der Waals surface area contributed by atoms with Gasteiger partial charge in [0.1, 0.15) is 0 Å². The molecule has 23 heavy (non-hydrogen) atoms. The second kappa shape index (κ2) is 8.39. The molecular weight excluding hydrogens is 328 g/mol. The molecule has 2 aromatic carbocycles. The number of likely N-dealkylation sites (N-methyl/N-ethyl adjacent to an activating group) is 1.